The summed E-state index contributed by atoms with van der Waals surface area (Å²) in [5.41, 5.74) is 4.68. The molecule has 0 atom stereocenters. The predicted molar refractivity (Wildman–Crippen MR) is 101 cm³/mol. The number of carbonyl (C=O) groups excluding carboxylic acids is 1. The Kier molecular flexibility index (Phi) is 7.77. The number of hydrazone groups is 1. The number of nitrogens with zero attached hydrogens (tertiary/aromatic N) is 2. The van der Waals surface area contributed by atoms with Crippen molar-refractivity contribution >= 4 is 40.4 Å². The number of esters is 1. The van der Waals surface area contributed by atoms with Crippen LogP contribution in [0.1, 0.15) is 31.5 Å². The van der Waals surface area contributed by atoms with Crippen molar-refractivity contribution in [2.24, 2.45) is 5.10 Å². The zero-order valence-electron chi connectivity index (χ0n) is 13.8. The van der Waals surface area contributed by atoms with E-state index in [0.29, 0.717) is 17.4 Å². The molecule has 2 aromatic rings. The Labute approximate surface area is 150 Å². The molecule has 0 fully saturated rings. The zero-order valence-corrected chi connectivity index (χ0v) is 15.5. The van der Waals surface area contributed by atoms with Crippen LogP contribution in [0.4, 0.5) is 5.13 Å². The SMILES string of the molecule is CCCSc1ccccc1C=NNc1nc(CC(=O)OCC)cs1. The monoisotopic (exact) mass is 363 g/mol. The highest BCUT2D eigenvalue weighted by atomic mass is 32.2. The van der Waals surface area contributed by atoms with Crippen LogP contribution in [0.5, 0.6) is 0 Å². The lowest BCUT2D eigenvalue weighted by Gasteiger charge is -2.03. The van der Waals surface area contributed by atoms with Crippen molar-refractivity contribution in [3.8, 4) is 0 Å². The van der Waals surface area contributed by atoms with Crippen molar-refractivity contribution in [1.82, 2.24) is 4.98 Å². The summed E-state index contributed by atoms with van der Waals surface area (Å²) in [5.74, 6) is 0.821. The number of thioether (sulfide) groups is 1. The molecule has 0 saturated carbocycles. The van der Waals surface area contributed by atoms with Gasteiger partial charge in [0.15, 0.2) is 0 Å². The van der Waals surface area contributed by atoms with Crippen molar-refractivity contribution in [3.63, 3.8) is 0 Å². The van der Waals surface area contributed by atoms with Crippen LogP contribution in [0.2, 0.25) is 0 Å². The van der Waals surface area contributed by atoms with Gasteiger partial charge >= 0.3 is 5.97 Å². The molecule has 0 spiro atoms. The number of hydrogen-bond acceptors (Lipinski definition) is 7. The molecule has 128 valence electrons. The first-order valence-corrected chi connectivity index (χ1v) is 9.70. The van der Waals surface area contributed by atoms with E-state index >= 15 is 0 Å². The molecule has 24 heavy (non-hydrogen) atoms. The van der Waals surface area contributed by atoms with Gasteiger partial charge < -0.3 is 4.74 Å². The Hall–Kier alpha value is -1.86. The third kappa shape index (κ3) is 5.98. The van der Waals surface area contributed by atoms with E-state index in [2.05, 4.69) is 28.5 Å². The fourth-order valence-electron chi connectivity index (χ4n) is 1.89. The molecule has 0 aliphatic rings. The third-order valence-electron chi connectivity index (χ3n) is 2.93. The standard InChI is InChI=1S/C17H21N3O2S2/c1-3-9-23-15-8-6-5-7-13(15)11-18-20-17-19-14(12-24-17)10-16(21)22-4-2/h5-8,11-12H,3-4,9-10H2,1-2H3,(H,19,20). The molecule has 1 aromatic carbocycles. The number of aromatic nitrogens is 1. The summed E-state index contributed by atoms with van der Waals surface area (Å²) < 4.78 is 4.91. The molecule has 0 unspecified atom stereocenters. The minimum Gasteiger partial charge on any atom is -0.466 e. The molecule has 0 aliphatic carbocycles. The number of ether oxygens (including phenoxy) is 1. The molecule has 0 aliphatic heterocycles. The second-order valence-corrected chi connectivity index (χ2v) is 6.88. The molecular weight excluding hydrogens is 342 g/mol. The van der Waals surface area contributed by atoms with E-state index in [9.17, 15) is 4.79 Å². The summed E-state index contributed by atoms with van der Waals surface area (Å²) in [6.45, 7) is 4.34. The van der Waals surface area contributed by atoms with Gasteiger partial charge in [-0.05, 0) is 25.2 Å². The van der Waals surface area contributed by atoms with Crippen molar-refractivity contribution in [2.45, 2.75) is 31.6 Å². The average Bonchev–Trinajstić information content (AvgIpc) is 3.01. The number of rotatable bonds is 9. The first-order chi connectivity index (χ1) is 11.7. The summed E-state index contributed by atoms with van der Waals surface area (Å²) in [6.07, 6.45) is 3.12. The van der Waals surface area contributed by atoms with Gasteiger partial charge in [0.1, 0.15) is 0 Å². The summed E-state index contributed by atoms with van der Waals surface area (Å²) in [7, 11) is 0. The van der Waals surface area contributed by atoms with E-state index < -0.39 is 0 Å². The molecule has 0 saturated heterocycles. The number of anilines is 1. The van der Waals surface area contributed by atoms with Gasteiger partial charge in [-0.3, -0.25) is 10.2 Å². The fraction of sp³-hybridized carbons (Fsp3) is 0.353. The molecular formula is C17H21N3O2S2. The minimum atomic E-state index is -0.264. The van der Waals surface area contributed by atoms with Crippen molar-refractivity contribution in [1.29, 1.82) is 0 Å². The number of carbonyl (C=O) groups is 1. The van der Waals surface area contributed by atoms with E-state index in [0.717, 1.165) is 17.7 Å². The Balaban J connectivity index is 1.92. The minimum absolute atomic E-state index is 0.187. The van der Waals surface area contributed by atoms with Gasteiger partial charge in [-0.1, -0.05) is 25.1 Å². The molecule has 0 amide bonds. The van der Waals surface area contributed by atoms with E-state index in [1.54, 1.807) is 13.1 Å². The van der Waals surface area contributed by atoms with Crippen LogP contribution in [0.15, 0.2) is 39.6 Å². The topological polar surface area (TPSA) is 63.6 Å². The van der Waals surface area contributed by atoms with E-state index in [4.69, 9.17) is 4.74 Å². The molecule has 1 aromatic heterocycles. The average molecular weight is 364 g/mol. The lowest BCUT2D eigenvalue weighted by Crippen LogP contribution is -2.07. The highest BCUT2D eigenvalue weighted by molar-refractivity contribution is 7.99. The Bertz CT molecular complexity index is 686. The first kappa shape index (κ1) is 18.5. The smallest absolute Gasteiger partial charge is 0.311 e. The lowest BCUT2D eigenvalue weighted by molar-refractivity contribution is -0.142. The first-order valence-electron chi connectivity index (χ1n) is 7.83. The normalized spacial score (nSPS) is 10.9. The summed E-state index contributed by atoms with van der Waals surface area (Å²) >= 11 is 3.24. The van der Waals surface area contributed by atoms with Crippen LogP contribution in [0.25, 0.3) is 0 Å². The zero-order chi connectivity index (χ0) is 17.2. The largest absolute Gasteiger partial charge is 0.466 e. The van der Waals surface area contributed by atoms with Crippen molar-refractivity contribution in [3.05, 3.63) is 40.9 Å². The molecule has 0 radical (unpaired) electrons. The molecule has 0 bridgehead atoms. The second-order valence-electron chi connectivity index (χ2n) is 4.88. The number of benzene rings is 1. The number of nitrogens with one attached hydrogen (secondary N) is 1. The lowest BCUT2D eigenvalue weighted by atomic mass is 10.2. The Morgan fingerprint density at radius 2 is 2.25 bits per heavy atom. The van der Waals surface area contributed by atoms with E-state index in [-0.39, 0.29) is 12.4 Å². The Morgan fingerprint density at radius 3 is 3.04 bits per heavy atom. The van der Waals surface area contributed by atoms with E-state index in [1.165, 1.54) is 16.2 Å². The van der Waals surface area contributed by atoms with Crippen LogP contribution >= 0.6 is 23.1 Å². The highest BCUT2D eigenvalue weighted by Crippen LogP contribution is 2.22. The van der Waals surface area contributed by atoms with Gasteiger partial charge in [-0.25, -0.2) is 4.98 Å². The van der Waals surface area contributed by atoms with Crippen LogP contribution in [0.3, 0.4) is 0 Å². The maximum Gasteiger partial charge on any atom is 0.311 e. The van der Waals surface area contributed by atoms with Gasteiger partial charge in [-0.2, -0.15) is 5.10 Å². The van der Waals surface area contributed by atoms with Crippen LogP contribution in [-0.2, 0) is 16.0 Å². The predicted octanol–water partition coefficient (Wildman–Crippen LogP) is 4.20. The third-order valence-corrected chi connectivity index (χ3v) is 5.02. The molecule has 1 heterocycles. The number of thiazole rings is 1. The van der Waals surface area contributed by atoms with E-state index in [1.807, 2.05) is 35.3 Å². The van der Waals surface area contributed by atoms with Gasteiger partial charge in [-0.15, -0.1) is 23.1 Å². The van der Waals surface area contributed by atoms with Crippen LogP contribution < -0.4 is 5.43 Å². The summed E-state index contributed by atoms with van der Waals surface area (Å²) in [5, 5.41) is 6.74. The number of hydrogen-bond donors (Lipinski definition) is 1. The molecule has 2 rings (SSSR count). The van der Waals surface area contributed by atoms with Gasteiger partial charge in [0.2, 0.25) is 5.13 Å². The fourth-order valence-corrected chi connectivity index (χ4v) is 3.43. The Morgan fingerprint density at radius 1 is 1.42 bits per heavy atom. The van der Waals surface area contributed by atoms with Crippen molar-refractivity contribution < 1.29 is 9.53 Å². The molecule has 5 nitrogen and oxygen atoms in total. The van der Waals surface area contributed by atoms with Gasteiger partial charge in [0, 0.05) is 15.8 Å². The van der Waals surface area contributed by atoms with Crippen LogP contribution in [-0.4, -0.2) is 29.5 Å². The highest BCUT2D eigenvalue weighted by Gasteiger charge is 2.08. The second kappa shape index (κ2) is 10.1. The summed E-state index contributed by atoms with van der Waals surface area (Å²) in [4.78, 5) is 17.0. The maximum absolute atomic E-state index is 11.4. The van der Waals surface area contributed by atoms with Gasteiger partial charge in [0.25, 0.3) is 0 Å². The summed E-state index contributed by atoms with van der Waals surface area (Å²) in [6, 6.07) is 8.17. The molecule has 1 N–H and O–H groups in total. The quantitative estimate of drug-likeness (QED) is 0.313. The molecule has 7 heteroatoms. The van der Waals surface area contributed by atoms with Gasteiger partial charge in [0.05, 0.1) is 24.9 Å². The van der Waals surface area contributed by atoms with Crippen molar-refractivity contribution in [2.75, 3.05) is 17.8 Å². The maximum atomic E-state index is 11.4. The van der Waals surface area contributed by atoms with Crippen LogP contribution in [0, 0.1) is 0 Å².